The number of hydrogen-bond acceptors (Lipinski definition) is 4. The average molecular weight is 350 g/mol. The van der Waals surface area contributed by atoms with Crippen molar-refractivity contribution in [3.05, 3.63) is 12.2 Å². The first-order valence-electron chi connectivity index (χ1n) is 9.22. The predicted octanol–water partition coefficient (Wildman–Crippen LogP) is 4.67. The second-order valence-corrected chi connectivity index (χ2v) is 7.27. The van der Waals surface area contributed by atoms with E-state index in [1.807, 2.05) is 6.92 Å². The molecule has 0 saturated carbocycles. The summed E-state index contributed by atoms with van der Waals surface area (Å²) < 4.78 is 10.6. The SMILES string of the molecule is C=C(C)C#CC(CC(C)C)OC(=O)CCCC(=O)OCCCC(C)C. The van der Waals surface area contributed by atoms with Gasteiger partial charge < -0.3 is 9.47 Å². The van der Waals surface area contributed by atoms with E-state index in [9.17, 15) is 9.59 Å². The summed E-state index contributed by atoms with van der Waals surface area (Å²) in [6, 6.07) is 0. The third-order valence-electron chi connectivity index (χ3n) is 3.36. The lowest BCUT2D eigenvalue weighted by Gasteiger charge is -2.14. The number of ether oxygens (including phenoxy) is 2. The molecule has 0 aromatic carbocycles. The van der Waals surface area contributed by atoms with Crippen LogP contribution in [0.25, 0.3) is 0 Å². The minimum absolute atomic E-state index is 0.199. The average Bonchev–Trinajstić information content (AvgIpc) is 2.48. The standard InChI is InChI=1S/C21H34O4/c1-16(2)9-8-14-24-20(22)10-7-11-21(23)25-19(15-18(5)6)13-12-17(3)4/h16,18-19H,3,7-11,14-15H2,1-2,4-6H3. The van der Waals surface area contributed by atoms with E-state index in [2.05, 4.69) is 46.1 Å². The van der Waals surface area contributed by atoms with Crippen molar-refractivity contribution in [2.24, 2.45) is 11.8 Å². The van der Waals surface area contributed by atoms with Gasteiger partial charge in [0.1, 0.15) is 0 Å². The summed E-state index contributed by atoms with van der Waals surface area (Å²) in [5.74, 6) is 6.22. The van der Waals surface area contributed by atoms with E-state index in [0.29, 0.717) is 31.3 Å². The number of allylic oxidation sites excluding steroid dienone is 1. The monoisotopic (exact) mass is 350 g/mol. The van der Waals surface area contributed by atoms with Crippen LogP contribution in [-0.4, -0.2) is 24.6 Å². The Morgan fingerprint density at radius 3 is 2.20 bits per heavy atom. The van der Waals surface area contributed by atoms with Crippen molar-refractivity contribution in [1.29, 1.82) is 0 Å². The molecule has 0 rings (SSSR count). The first kappa shape index (κ1) is 23.2. The largest absolute Gasteiger partial charge is 0.466 e. The minimum Gasteiger partial charge on any atom is -0.466 e. The molecule has 25 heavy (non-hydrogen) atoms. The molecule has 0 radical (unpaired) electrons. The fourth-order valence-electron chi connectivity index (χ4n) is 2.11. The molecule has 0 aromatic heterocycles. The van der Waals surface area contributed by atoms with E-state index in [1.54, 1.807) is 0 Å². The van der Waals surface area contributed by atoms with Gasteiger partial charge in [-0.3, -0.25) is 9.59 Å². The molecule has 0 aliphatic carbocycles. The summed E-state index contributed by atoms with van der Waals surface area (Å²) in [6.07, 6.45) is 3.06. The Hall–Kier alpha value is -1.76. The van der Waals surface area contributed by atoms with Crippen LogP contribution in [0.15, 0.2) is 12.2 Å². The van der Waals surface area contributed by atoms with Gasteiger partial charge in [0.05, 0.1) is 6.61 Å². The highest BCUT2D eigenvalue weighted by Gasteiger charge is 2.14. The Morgan fingerprint density at radius 2 is 1.64 bits per heavy atom. The second kappa shape index (κ2) is 13.5. The molecule has 4 nitrogen and oxygen atoms in total. The number of hydrogen-bond donors (Lipinski definition) is 0. The van der Waals surface area contributed by atoms with Gasteiger partial charge >= 0.3 is 11.9 Å². The molecule has 0 aliphatic heterocycles. The summed E-state index contributed by atoms with van der Waals surface area (Å²) in [5, 5.41) is 0. The fraction of sp³-hybridized carbons (Fsp3) is 0.714. The van der Waals surface area contributed by atoms with Gasteiger partial charge in [0.2, 0.25) is 0 Å². The zero-order valence-electron chi connectivity index (χ0n) is 16.5. The Kier molecular flexibility index (Phi) is 12.6. The van der Waals surface area contributed by atoms with Crippen molar-refractivity contribution < 1.29 is 19.1 Å². The highest BCUT2D eigenvalue weighted by molar-refractivity contribution is 5.72. The van der Waals surface area contributed by atoms with Crippen molar-refractivity contribution in [3.8, 4) is 11.8 Å². The van der Waals surface area contributed by atoms with Crippen molar-refractivity contribution in [2.75, 3.05) is 6.61 Å². The van der Waals surface area contributed by atoms with Crippen LogP contribution in [0.2, 0.25) is 0 Å². The van der Waals surface area contributed by atoms with Crippen molar-refractivity contribution in [2.45, 2.75) is 79.2 Å². The summed E-state index contributed by atoms with van der Waals surface area (Å²) in [7, 11) is 0. The quantitative estimate of drug-likeness (QED) is 0.309. The minimum atomic E-state index is -0.424. The van der Waals surface area contributed by atoms with Crippen LogP contribution in [0.1, 0.15) is 73.1 Å². The van der Waals surface area contributed by atoms with Gasteiger partial charge in [0.15, 0.2) is 6.10 Å². The van der Waals surface area contributed by atoms with Crippen LogP contribution in [0.3, 0.4) is 0 Å². The molecule has 1 atom stereocenters. The van der Waals surface area contributed by atoms with Gasteiger partial charge in [-0.25, -0.2) is 0 Å². The molecule has 0 bridgehead atoms. The van der Waals surface area contributed by atoms with E-state index in [4.69, 9.17) is 9.47 Å². The molecule has 0 aromatic rings. The molecule has 0 spiro atoms. The lowest BCUT2D eigenvalue weighted by Crippen LogP contribution is -2.19. The summed E-state index contributed by atoms with van der Waals surface area (Å²) in [4.78, 5) is 23.5. The van der Waals surface area contributed by atoms with Gasteiger partial charge in [0.25, 0.3) is 0 Å². The lowest BCUT2D eigenvalue weighted by atomic mass is 10.1. The highest BCUT2D eigenvalue weighted by Crippen LogP contribution is 2.10. The van der Waals surface area contributed by atoms with Crippen LogP contribution in [0.4, 0.5) is 0 Å². The molecular formula is C21H34O4. The molecule has 1 unspecified atom stereocenters. The van der Waals surface area contributed by atoms with Gasteiger partial charge in [-0.05, 0) is 50.0 Å². The molecule has 142 valence electrons. The van der Waals surface area contributed by atoms with E-state index in [1.165, 1.54) is 0 Å². The maximum absolute atomic E-state index is 11.9. The molecule has 0 heterocycles. The van der Waals surface area contributed by atoms with Crippen molar-refractivity contribution in [3.63, 3.8) is 0 Å². The van der Waals surface area contributed by atoms with Crippen LogP contribution >= 0.6 is 0 Å². The molecule has 0 aliphatic rings. The van der Waals surface area contributed by atoms with E-state index in [0.717, 1.165) is 18.4 Å². The Bertz CT molecular complexity index is 480. The zero-order valence-corrected chi connectivity index (χ0v) is 16.5. The molecule has 0 amide bonds. The maximum Gasteiger partial charge on any atom is 0.307 e. The van der Waals surface area contributed by atoms with Crippen LogP contribution in [-0.2, 0) is 19.1 Å². The maximum atomic E-state index is 11.9. The third-order valence-corrected chi connectivity index (χ3v) is 3.36. The topological polar surface area (TPSA) is 52.6 Å². The fourth-order valence-corrected chi connectivity index (χ4v) is 2.11. The molecule has 0 saturated heterocycles. The second-order valence-electron chi connectivity index (χ2n) is 7.27. The number of carbonyl (C=O) groups is 2. The van der Waals surface area contributed by atoms with Crippen molar-refractivity contribution >= 4 is 11.9 Å². The molecular weight excluding hydrogens is 316 g/mol. The summed E-state index contributed by atoms with van der Waals surface area (Å²) in [6.45, 7) is 14.4. The number of carbonyl (C=O) groups excluding carboxylic acids is 2. The first-order valence-corrected chi connectivity index (χ1v) is 9.22. The zero-order chi connectivity index (χ0) is 19.2. The first-order chi connectivity index (χ1) is 11.7. The normalized spacial score (nSPS) is 11.6. The highest BCUT2D eigenvalue weighted by atomic mass is 16.5. The Morgan fingerprint density at radius 1 is 1.00 bits per heavy atom. The number of esters is 2. The van der Waals surface area contributed by atoms with Gasteiger partial charge in [0, 0.05) is 12.8 Å². The van der Waals surface area contributed by atoms with E-state index >= 15 is 0 Å². The summed E-state index contributed by atoms with van der Waals surface area (Å²) in [5.41, 5.74) is 0.741. The van der Waals surface area contributed by atoms with E-state index in [-0.39, 0.29) is 24.8 Å². The Balaban J connectivity index is 4.08. The Labute approximate surface area is 153 Å². The van der Waals surface area contributed by atoms with Crippen molar-refractivity contribution in [1.82, 2.24) is 0 Å². The third kappa shape index (κ3) is 15.5. The van der Waals surface area contributed by atoms with Gasteiger partial charge in [-0.2, -0.15) is 0 Å². The molecule has 4 heteroatoms. The lowest BCUT2D eigenvalue weighted by molar-refractivity contribution is -0.147. The van der Waals surface area contributed by atoms with Crippen LogP contribution < -0.4 is 0 Å². The molecule has 0 N–H and O–H groups in total. The van der Waals surface area contributed by atoms with Crippen LogP contribution in [0.5, 0.6) is 0 Å². The van der Waals surface area contributed by atoms with Gasteiger partial charge in [-0.15, -0.1) is 0 Å². The van der Waals surface area contributed by atoms with Crippen LogP contribution in [0, 0.1) is 23.7 Å². The van der Waals surface area contributed by atoms with Gasteiger partial charge in [-0.1, -0.05) is 46.1 Å². The molecule has 0 fully saturated rings. The summed E-state index contributed by atoms with van der Waals surface area (Å²) >= 11 is 0. The van der Waals surface area contributed by atoms with E-state index < -0.39 is 6.10 Å². The number of rotatable bonds is 11. The predicted molar refractivity (Wildman–Crippen MR) is 101 cm³/mol. The smallest absolute Gasteiger partial charge is 0.307 e.